The lowest BCUT2D eigenvalue weighted by Gasteiger charge is -1.98. The van der Waals surface area contributed by atoms with Crippen molar-refractivity contribution >= 4 is 9.84 Å². The molecule has 0 aliphatic heterocycles. The summed E-state index contributed by atoms with van der Waals surface area (Å²) < 4.78 is 26.7. The summed E-state index contributed by atoms with van der Waals surface area (Å²) in [6.45, 7) is 2.22. The smallest absolute Gasteiger partial charge is 0.230 e. The van der Waals surface area contributed by atoms with E-state index in [0.29, 0.717) is 12.4 Å². The van der Waals surface area contributed by atoms with E-state index in [2.05, 4.69) is 10.1 Å². The standard InChI is InChI=1S/C7H13N3O3S/c1-5(3-8)7-9-6(10-13-7)4-14(2,11)12/h5H,3-4,8H2,1-2H3. The third-order valence-corrected chi connectivity index (χ3v) is 2.43. The highest BCUT2D eigenvalue weighted by Crippen LogP contribution is 2.11. The van der Waals surface area contributed by atoms with E-state index in [4.69, 9.17) is 10.3 Å². The fraction of sp³-hybridized carbons (Fsp3) is 0.714. The molecule has 1 aromatic rings. The van der Waals surface area contributed by atoms with Gasteiger partial charge < -0.3 is 10.3 Å². The lowest BCUT2D eigenvalue weighted by molar-refractivity contribution is 0.357. The predicted molar refractivity (Wildman–Crippen MR) is 50.3 cm³/mol. The van der Waals surface area contributed by atoms with E-state index in [0.717, 1.165) is 6.26 Å². The van der Waals surface area contributed by atoms with Crippen LogP contribution >= 0.6 is 0 Å². The van der Waals surface area contributed by atoms with Gasteiger partial charge in [0.05, 0.1) is 0 Å². The van der Waals surface area contributed by atoms with Crippen molar-refractivity contribution < 1.29 is 12.9 Å². The summed E-state index contributed by atoms with van der Waals surface area (Å²) in [5, 5.41) is 3.55. The van der Waals surface area contributed by atoms with Gasteiger partial charge in [0.25, 0.3) is 0 Å². The number of nitrogens with zero attached hydrogens (tertiary/aromatic N) is 2. The third kappa shape index (κ3) is 3.08. The van der Waals surface area contributed by atoms with Gasteiger partial charge in [0.15, 0.2) is 15.7 Å². The van der Waals surface area contributed by atoms with Crippen LogP contribution in [0.25, 0.3) is 0 Å². The summed E-state index contributed by atoms with van der Waals surface area (Å²) in [6.07, 6.45) is 1.12. The van der Waals surface area contributed by atoms with Crippen LogP contribution in [0.5, 0.6) is 0 Å². The Morgan fingerprint density at radius 2 is 2.21 bits per heavy atom. The van der Waals surface area contributed by atoms with E-state index in [1.165, 1.54) is 0 Å². The minimum atomic E-state index is -3.11. The predicted octanol–water partition coefficient (Wildman–Crippen LogP) is -0.324. The van der Waals surface area contributed by atoms with Gasteiger partial charge >= 0.3 is 0 Å². The molecule has 2 N–H and O–H groups in total. The molecule has 1 rings (SSSR count). The van der Waals surface area contributed by atoms with Gasteiger partial charge in [-0.15, -0.1) is 0 Å². The molecule has 1 atom stereocenters. The Bertz CT molecular complexity index is 398. The number of nitrogens with two attached hydrogens (primary N) is 1. The summed E-state index contributed by atoms with van der Waals surface area (Å²) in [5.74, 6) is 0.318. The maximum absolute atomic E-state index is 10.9. The lowest BCUT2D eigenvalue weighted by atomic mass is 10.2. The zero-order chi connectivity index (χ0) is 10.8. The number of aromatic nitrogens is 2. The Morgan fingerprint density at radius 1 is 1.57 bits per heavy atom. The first kappa shape index (κ1) is 11.1. The van der Waals surface area contributed by atoms with Crippen LogP contribution in [0.15, 0.2) is 4.52 Å². The van der Waals surface area contributed by atoms with Gasteiger partial charge in [-0.2, -0.15) is 4.98 Å². The van der Waals surface area contributed by atoms with Gasteiger partial charge in [0.2, 0.25) is 5.89 Å². The zero-order valence-corrected chi connectivity index (χ0v) is 8.91. The molecule has 0 amide bonds. The Labute approximate surface area is 82.4 Å². The second kappa shape index (κ2) is 4.05. The van der Waals surface area contributed by atoms with Gasteiger partial charge in [-0.1, -0.05) is 12.1 Å². The number of hydrogen-bond acceptors (Lipinski definition) is 6. The lowest BCUT2D eigenvalue weighted by Crippen LogP contribution is -2.09. The molecule has 6 nitrogen and oxygen atoms in total. The largest absolute Gasteiger partial charge is 0.339 e. The summed E-state index contributed by atoms with van der Waals surface area (Å²) in [5.41, 5.74) is 5.39. The van der Waals surface area contributed by atoms with Crippen LogP contribution in [0.2, 0.25) is 0 Å². The second-order valence-corrected chi connectivity index (χ2v) is 5.40. The summed E-state index contributed by atoms with van der Waals surface area (Å²) in [7, 11) is -3.11. The van der Waals surface area contributed by atoms with Crippen molar-refractivity contribution in [3.05, 3.63) is 11.7 Å². The summed E-state index contributed by atoms with van der Waals surface area (Å²) in [6, 6.07) is 0. The summed E-state index contributed by atoms with van der Waals surface area (Å²) >= 11 is 0. The Balaban J connectivity index is 2.79. The molecular weight excluding hydrogens is 206 g/mol. The molecule has 0 saturated carbocycles. The normalized spacial score (nSPS) is 14.2. The van der Waals surface area contributed by atoms with Crippen LogP contribution in [-0.2, 0) is 15.6 Å². The topological polar surface area (TPSA) is 99.1 Å². The average molecular weight is 219 g/mol. The molecule has 0 aromatic carbocycles. The highest BCUT2D eigenvalue weighted by Gasteiger charge is 2.15. The van der Waals surface area contributed by atoms with E-state index in [1.807, 2.05) is 6.92 Å². The van der Waals surface area contributed by atoms with Gasteiger partial charge in [-0.3, -0.25) is 0 Å². The fourth-order valence-corrected chi connectivity index (χ4v) is 1.45. The van der Waals surface area contributed by atoms with Crippen molar-refractivity contribution in [1.82, 2.24) is 10.1 Å². The van der Waals surface area contributed by atoms with Crippen LogP contribution in [0.1, 0.15) is 24.6 Å². The minimum Gasteiger partial charge on any atom is -0.339 e. The Morgan fingerprint density at radius 3 is 2.71 bits per heavy atom. The highest BCUT2D eigenvalue weighted by atomic mass is 32.2. The molecule has 80 valence electrons. The van der Waals surface area contributed by atoms with Crippen molar-refractivity contribution in [3.63, 3.8) is 0 Å². The van der Waals surface area contributed by atoms with Crippen molar-refractivity contribution in [2.24, 2.45) is 5.73 Å². The molecule has 0 saturated heterocycles. The van der Waals surface area contributed by atoms with Gasteiger partial charge in [0, 0.05) is 18.7 Å². The van der Waals surface area contributed by atoms with Crippen LogP contribution < -0.4 is 5.73 Å². The van der Waals surface area contributed by atoms with Crippen molar-refractivity contribution in [3.8, 4) is 0 Å². The maximum atomic E-state index is 10.9. The Hall–Kier alpha value is -0.950. The average Bonchev–Trinajstić information content (AvgIpc) is 2.48. The van der Waals surface area contributed by atoms with Crippen LogP contribution in [0, 0.1) is 0 Å². The van der Waals surface area contributed by atoms with Crippen molar-refractivity contribution in [2.75, 3.05) is 12.8 Å². The SMILES string of the molecule is CC(CN)c1nc(CS(C)(=O)=O)no1. The molecule has 0 fully saturated rings. The quantitative estimate of drug-likeness (QED) is 0.744. The van der Waals surface area contributed by atoms with Crippen LogP contribution in [-0.4, -0.2) is 31.4 Å². The van der Waals surface area contributed by atoms with E-state index < -0.39 is 9.84 Å². The second-order valence-electron chi connectivity index (χ2n) is 3.26. The molecule has 0 radical (unpaired) electrons. The molecule has 0 bridgehead atoms. The van der Waals surface area contributed by atoms with Crippen molar-refractivity contribution in [1.29, 1.82) is 0 Å². The molecule has 0 spiro atoms. The van der Waals surface area contributed by atoms with E-state index in [1.54, 1.807) is 0 Å². The molecule has 14 heavy (non-hydrogen) atoms. The molecule has 0 aliphatic carbocycles. The van der Waals surface area contributed by atoms with Gasteiger partial charge in [-0.25, -0.2) is 8.42 Å². The summed E-state index contributed by atoms with van der Waals surface area (Å²) in [4.78, 5) is 3.93. The fourth-order valence-electron chi connectivity index (χ4n) is 0.862. The van der Waals surface area contributed by atoms with Crippen molar-refractivity contribution in [2.45, 2.75) is 18.6 Å². The first-order chi connectivity index (χ1) is 6.42. The van der Waals surface area contributed by atoms with Gasteiger partial charge in [0.1, 0.15) is 5.75 Å². The molecule has 1 unspecified atom stereocenters. The first-order valence-electron chi connectivity index (χ1n) is 4.12. The van der Waals surface area contributed by atoms with E-state index >= 15 is 0 Å². The molecular formula is C7H13N3O3S. The zero-order valence-electron chi connectivity index (χ0n) is 8.10. The van der Waals surface area contributed by atoms with E-state index in [9.17, 15) is 8.42 Å². The monoisotopic (exact) mass is 219 g/mol. The van der Waals surface area contributed by atoms with Crippen LogP contribution in [0.4, 0.5) is 0 Å². The number of sulfone groups is 1. The van der Waals surface area contributed by atoms with E-state index in [-0.39, 0.29) is 17.5 Å². The number of hydrogen-bond donors (Lipinski definition) is 1. The van der Waals surface area contributed by atoms with Gasteiger partial charge in [-0.05, 0) is 0 Å². The molecule has 1 aromatic heterocycles. The third-order valence-electron chi connectivity index (χ3n) is 1.65. The first-order valence-corrected chi connectivity index (χ1v) is 6.18. The molecule has 1 heterocycles. The maximum Gasteiger partial charge on any atom is 0.230 e. The molecule has 7 heteroatoms. The number of rotatable bonds is 4. The Kier molecular flexibility index (Phi) is 3.22. The molecule has 0 aliphatic rings. The van der Waals surface area contributed by atoms with Crippen LogP contribution in [0.3, 0.4) is 0 Å². The minimum absolute atomic E-state index is 0.0455. The highest BCUT2D eigenvalue weighted by molar-refractivity contribution is 7.89.